The van der Waals surface area contributed by atoms with Crippen molar-refractivity contribution in [1.82, 2.24) is 24.5 Å². The zero-order valence-electron chi connectivity index (χ0n) is 14.6. The highest BCUT2D eigenvalue weighted by atomic mass is 16.5. The quantitative estimate of drug-likeness (QED) is 0.722. The van der Waals surface area contributed by atoms with E-state index in [0.29, 0.717) is 0 Å². The molecule has 130 valence electrons. The van der Waals surface area contributed by atoms with Crippen LogP contribution in [0.15, 0.2) is 36.7 Å². The van der Waals surface area contributed by atoms with Crippen LogP contribution in [0.25, 0.3) is 5.65 Å². The summed E-state index contributed by atoms with van der Waals surface area (Å²) < 4.78 is 7.35. The van der Waals surface area contributed by atoms with Gasteiger partial charge < -0.3 is 9.64 Å². The van der Waals surface area contributed by atoms with Crippen molar-refractivity contribution in [2.45, 2.75) is 13.5 Å². The van der Waals surface area contributed by atoms with Gasteiger partial charge in [-0.05, 0) is 13.0 Å². The van der Waals surface area contributed by atoms with Gasteiger partial charge in [-0.1, -0.05) is 18.2 Å². The average molecular weight is 338 g/mol. The van der Waals surface area contributed by atoms with Gasteiger partial charge in [-0.15, -0.1) is 5.10 Å². The van der Waals surface area contributed by atoms with E-state index in [0.717, 1.165) is 55.8 Å². The molecule has 0 bridgehead atoms. The van der Waals surface area contributed by atoms with Gasteiger partial charge in [0.1, 0.15) is 11.6 Å². The number of benzene rings is 1. The number of hydrogen-bond acceptors (Lipinski definition) is 6. The highest BCUT2D eigenvalue weighted by Gasteiger charge is 2.20. The van der Waals surface area contributed by atoms with Crippen molar-refractivity contribution in [2.75, 3.05) is 38.2 Å². The topological polar surface area (TPSA) is 58.8 Å². The summed E-state index contributed by atoms with van der Waals surface area (Å²) in [5, 5.41) is 4.49. The number of hydrogen-bond donors (Lipinski definition) is 0. The zero-order valence-corrected chi connectivity index (χ0v) is 14.6. The molecule has 0 spiro atoms. The third-order valence-corrected chi connectivity index (χ3v) is 4.62. The SMILES string of the molecule is COc1ccccc1CN1CCN(c2cncc3nc(C)nn23)CC1. The standard InChI is InChI=1S/C18H22N6O/c1-14-20-17-11-19-12-18(24(17)21-14)23-9-7-22(8-10-23)13-15-5-3-4-6-16(15)25-2/h3-6,11-12H,7-10,13H2,1-2H3. The molecule has 7 heteroatoms. The van der Waals surface area contributed by atoms with E-state index in [-0.39, 0.29) is 0 Å². The van der Waals surface area contributed by atoms with Gasteiger partial charge in [0.05, 0.1) is 19.5 Å². The second-order valence-corrected chi connectivity index (χ2v) is 6.27. The smallest absolute Gasteiger partial charge is 0.176 e. The van der Waals surface area contributed by atoms with Crippen molar-refractivity contribution in [1.29, 1.82) is 0 Å². The van der Waals surface area contributed by atoms with E-state index in [2.05, 4.69) is 37.0 Å². The maximum Gasteiger partial charge on any atom is 0.176 e. The summed E-state index contributed by atoms with van der Waals surface area (Å²) in [6.45, 7) is 6.67. The lowest BCUT2D eigenvalue weighted by atomic mass is 10.1. The number of fused-ring (bicyclic) bond motifs is 1. The number of aromatic nitrogens is 4. The van der Waals surface area contributed by atoms with E-state index in [9.17, 15) is 0 Å². The lowest BCUT2D eigenvalue weighted by Gasteiger charge is -2.35. The van der Waals surface area contributed by atoms with Gasteiger partial charge in [0.25, 0.3) is 0 Å². The highest BCUT2D eigenvalue weighted by Crippen LogP contribution is 2.21. The van der Waals surface area contributed by atoms with Crippen LogP contribution in [0.2, 0.25) is 0 Å². The van der Waals surface area contributed by atoms with E-state index in [1.54, 1.807) is 13.3 Å². The minimum Gasteiger partial charge on any atom is -0.496 e. The molecule has 3 heterocycles. The fourth-order valence-corrected chi connectivity index (χ4v) is 3.33. The molecule has 0 N–H and O–H groups in total. The summed E-state index contributed by atoms with van der Waals surface area (Å²) in [4.78, 5) is 13.5. The average Bonchev–Trinajstić information content (AvgIpc) is 3.03. The van der Waals surface area contributed by atoms with Crippen LogP contribution >= 0.6 is 0 Å². The van der Waals surface area contributed by atoms with Crippen LogP contribution in [0.5, 0.6) is 5.75 Å². The molecule has 3 aromatic rings. The number of methoxy groups -OCH3 is 1. The van der Waals surface area contributed by atoms with Gasteiger partial charge in [0.2, 0.25) is 0 Å². The summed E-state index contributed by atoms with van der Waals surface area (Å²) in [6.07, 6.45) is 3.62. The number of aryl methyl sites for hydroxylation is 1. The lowest BCUT2D eigenvalue weighted by molar-refractivity contribution is 0.245. The first-order chi connectivity index (χ1) is 12.2. The van der Waals surface area contributed by atoms with Crippen molar-refractivity contribution >= 4 is 11.5 Å². The third kappa shape index (κ3) is 3.15. The molecule has 1 aromatic carbocycles. The number of piperazine rings is 1. The Morgan fingerprint density at radius 1 is 1.08 bits per heavy atom. The predicted octanol–water partition coefficient (Wildman–Crippen LogP) is 1.76. The maximum absolute atomic E-state index is 5.46. The van der Waals surface area contributed by atoms with Crippen molar-refractivity contribution < 1.29 is 4.74 Å². The molecular formula is C18H22N6O. The Labute approximate surface area is 146 Å². The van der Waals surface area contributed by atoms with Crippen LogP contribution in [-0.2, 0) is 6.54 Å². The Hall–Kier alpha value is -2.67. The Bertz CT molecular complexity index is 869. The molecule has 2 aromatic heterocycles. The minimum atomic E-state index is 0.768. The molecule has 0 radical (unpaired) electrons. The number of anilines is 1. The van der Waals surface area contributed by atoms with Crippen molar-refractivity contribution in [3.63, 3.8) is 0 Å². The van der Waals surface area contributed by atoms with Gasteiger partial charge in [0, 0.05) is 38.3 Å². The van der Waals surface area contributed by atoms with Gasteiger partial charge in [-0.3, -0.25) is 9.88 Å². The van der Waals surface area contributed by atoms with Gasteiger partial charge in [-0.2, -0.15) is 4.52 Å². The van der Waals surface area contributed by atoms with Crippen LogP contribution in [0.4, 0.5) is 5.82 Å². The molecule has 0 unspecified atom stereocenters. The van der Waals surface area contributed by atoms with E-state index in [1.807, 2.05) is 29.8 Å². The Morgan fingerprint density at radius 3 is 2.68 bits per heavy atom. The van der Waals surface area contributed by atoms with Crippen LogP contribution in [0, 0.1) is 6.92 Å². The van der Waals surface area contributed by atoms with Gasteiger partial charge in [0.15, 0.2) is 11.5 Å². The molecule has 1 fully saturated rings. The van der Waals surface area contributed by atoms with E-state index in [1.165, 1.54) is 5.56 Å². The molecular weight excluding hydrogens is 316 g/mol. The van der Waals surface area contributed by atoms with Crippen molar-refractivity contribution in [2.24, 2.45) is 0 Å². The normalized spacial score (nSPS) is 15.7. The molecule has 0 aliphatic carbocycles. The highest BCUT2D eigenvalue weighted by molar-refractivity contribution is 5.47. The Balaban J connectivity index is 1.46. The second kappa shape index (κ2) is 6.68. The van der Waals surface area contributed by atoms with Crippen LogP contribution in [0.3, 0.4) is 0 Å². The molecule has 25 heavy (non-hydrogen) atoms. The largest absolute Gasteiger partial charge is 0.496 e. The molecule has 1 saturated heterocycles. The van der Waals surface area contributed by atoms with E-state index in [4.69, 9.17) is 4.74 Å². The number of para-hydroxylation sites is 1. The number of rotatable bonds is 4. The van der Waals surface area contributed by atoms with Crippen LogP contribution < -0.4 is 9.64 Å². The fourth-order valence-electron chi connectivity index (χ4n) is 3.33. The van der Waals surface area contributed by atoms with Crippen LogP contribution in [-0.4, -0.2) is 57.8 Å². The first-order valence-corrected chi connectivity index (χ1v) is 8.51. The third-order valence-electron chi connectivity index (χ3n) is 4.62. The van der Waals surface area contributed by atoms with Crippen molar-refractivity contribution in [3.05, 3.63) is 48.0 Å². The lowest BCUT2D eigenvalue weighted by Crippen LogP contribution is -2.46. The first-order valence-electron chi connectivity index (χ1n) is 8.51. The number of ether oxygens (including phenoxy) is 1. The van der Waals surface area contributed by atoms with E-state index < -0.39 is 0 Å². The Morgan fingerprint density at radius 2 is 1.88 bits per heavy atom. The first kappa shape index (κ1) is 15.8. The molecule has 0 amide bonds. The molecule has 4 rings (SSSR count). The molecule has 1 aliphatic heterocycles. The van der Waals surface area contributed by atoms with Crippen LogP contribution in [0.1, 0.15) is 11.4 Å². The zero-order chi connectivity index (χ0) is 17.2. The summed E-state index contributed by atoms with van der Waals surface area (Å²) in [5.41, 5.74) is 2.03. The molecule has 1 aliphatic rings. The van der Waals surface area contributed by atoms with Gasteiger partial charge >= 0.3 is 0 Å². The summed E-state index contributed by atoms with van der Waals surface area (Å²) >= 11 is 0. The van der Waals surface area contributed by atoms with Crippen molar-refractivity contribution in [3.8, 4) is 5.75 Å². The Kier molecular flexibility index (Phi) is 4.23. The van der Waals surface area contributed by atoms with Gasteiger partial charge in [-0.25, -0.2) is 4.98 Å². The summed E-state index contributed by atoms with van der Waals surface area (Å²) in [6, 6.07) is 8.22. The fraction of sp³-hybridized carbons (Fsp3) is 0.389. The number of nitrogens with zero attached hydrogens (tertiary/aromatic N) is 6. The second-order valence-electron chi connectivity index (χ2n) is 6.27. The van der Waals surface area contributed by atoms with E-state index >= 15 is 0 Å². The summed E-state index contributed by atoms with van der Waals surface area (Å²) in [7, 11) is 1.73. The molecule has 0 saturated carbocycles. The monoisotopic (exact) mass is 338 g/mol. The molecule has 0 atom stereocenters. The summed E-state index contributed by atoms with van der Waals surface area (Å²) in [5.74, 6) is 2.73. The minimum absolute atomic E-state index is 0.768. The molecule has 7 nitrogen and oxygen atoms in total. The maximum atomic E-state index is 5.46. The predicted molar refractivity (Wildman–Crippen MR) is 96.0 cm³/mol.